The van der Waals surface area contributed by atoms with Crippen LogP contribution in [0.25, 0.3) is 0 Å². The van der Waals surface area contributed by atoms with Crippen LogP contribution in [0.5, 0.6) is 0 Å². The van der Waals surface area contributed by atoms with Crippen molar-refractivity contribution >= 4 is 6.29 Å². The summed E-state index contributed by atoms with van der Waals surface area (Å²) in [5, 5.41) is 11.6. The second kappa shape index (κ2) is 6.71. The summed E-state index contributed by atoms with van der Waals surface area (Å²) in [6.45, 7) is 2.86. The Morgan fingerprint density at radius 2 is 2.40 bits per heavy atom. The zero-order chi connectivity index (χ0) is 7.82. The van der Waals surface area contributed by atoms with Crippen LogP contribution in [-0.2, 0) is 4.79 Å². The lowest BCUT2D eigenvalue weighted by Gasteiger charge is -2.08. The molecule has 0 fully saturated rings. The highest BCUT2D eigenvalue weighted by molar-refractivity contribution is 5.48. The van der Waals surface area contributed by atoms with Gasteiger partial charge in [0, 0.05) is 12.5 Å². The van der Waals surface area contributed by atoms with Gasteiger partial charge in [-0.2, -0.15) is 0 Å². The Kier molecular flexibility index (Phi) is 6.43. The third-order valence-electron chi connectivity index (χ3n) is 1.27. The third-order valence-corrected chi connectivity index (χ3v) is 1.27. The molecule has 0 aromatic carbocycles. The van der Waals surface area contributed by atoms with Gasteiger partial charge in [-0.1, -0.05) is 0 Å². The number of rotatable bonds is 6. The fraction of sp³-hybridized carbons (Fsp3) is 0.857. The van der Waals surface area contributed by atoms with E-state index in [0.29, 0.717) is 6.42 Å². The topological polar surface area (TPSA) is 49.3 Å². The minimum absolute atomic E-state index is 0.145. The quantitative estimate of drug-likeness (QED) is 0.406. The molecule has 0 heterocycles. The van der Waals surface area contributed by atoms with E-state index in [1.807, 2.05) is 6.92 Å². The molecule has 0 spiro atoms. The summed E-state index contributed by atoms with van der Waals surface area (Å²) in [5.74, 6) is 0. The summed E-state index contributed by atoms with van der Waals surface area (Å²) >= 11 is 0. The van der Waals surface area contributed by atoms with Crippen LogP contribution in [0.4, 0.5) is 0 Å². The van der Waals surface area contributed by atoms with Crippen molar-refractivity contribution in [3.05, 3.63) is 0 Å². The van der Waals surface area contributed by atoms with Gasteiger partial charge < -0.3 is 15.2 Å². The Bertz CT molecular complexity index is 85.7. The van der Waals surface area contributed by atoms with Crippen molar-refractivity contribution in [2.45, 2.75) is 25.8 Å². The average molecular weight is 145 g/mol. The first-order chi connectivity index (χ1) is 4.81. The van der Waals surface area contributed by atoms with Crippen LogP contribution in [0, 0.1) is 0 Å². The SMILES string of the molecule is C[C@@H](CO)NCCCC=O. The molecule has 0 aromatic heterocycles. The van der Waals surface area contributed by atoms with Crippen LogP contribution < -0.4 is 5.32 Å². The predicted molar refractivity (Wildman–Crippen MR) is 39.8 cm³/mol. The smallest absolute Gasteiger partial charge is 0.120 e. The van der Waals surface area contributed by atoms with Crippen LogP contribution >= 0.6 is 0 Å². The second-order valence-corrected chi connectivity index (χ2v) is 2.35. The standard InChI is InChI=1S/C7H15NO2/c1-7(6-10)8-4-2-3-5-9/h5,7-8,10H,2-4,6H2,1H3/t7-/m0/s1. The van der Waals surface area contributed by atoms with Crippen molar-refractivity contribution in [2.24, 2.45) is 0 Å². The molecule has 10 heavy (non-hydrogen) atoms. The molecular weight excluding hydrogens is 130 g/mol. The number of hydrogen-bond donors (Lipinski definition) is 2. The predicted octanol–water partition coefficient (Wildman–Crippen LogP) is -0.0641. The van der Waals surface area contributed by atoms with Gasteiger partial charge >= 0.3 is 0 Å². The second-order valence-electron chi connectivity index (χ2n) is 2.35. The molecule has 0 rings (SSSR count). The van der Waals surface area contributed by atoms with Gasteiger partial charge in [0.2, 0.25) is 0 Å². The summed E-state index contributed by atoms with van der Waals surface area (Å²) < 4.78 is 0. The molecule has 0 radical (unpaired) electrons. The van der Waals surface area contributed by atoms with Gasteiger partial charge in [0.15, 0.2) is 0 Å². The molecule has 2 N–H and O–H groups in total. The van der Waals surface area contributed by atoms with Crippen molar-refractivity contribution in [1.82, 2.24) is 5.32 Å². The van der Waals surface area contributed by atoms with E-state index in [2.05, 4.69) is 5.32 Å². The van der Waals surface area contributed by atoms with Gasteiger partial charge in [-0.3, -0.25) is 0 Å². The van der Waals surface area contributed by atoms with Crippen LogP contribution in [-0.4, -0.2) is 30.6 Å². The first-order valence-electron chi connectivity index (χ1n) is 3.59. The van der Waals surface area contributed by atoms with E-state index in [1.54, 1.807) is 0 Å². The summed E-state index contributed by atoms with van der Waals surface area (Å²) in [4.78, 5) is 9.84. The maximum atomic E-state index is 9.84. The van der Waals surface area contributed by atoms with Crippen molar-refractivity contribution < 1.29 is 9.90 Å². The van der Waals surface area contributed by atoms with Gasteiger partial charge in [-0.05, 0) is 19.9 Å². The molecular formula is C7H15NO2. The van der Waals surface area contributed by atoms with Gasteiger partial charge in [-0.25, -0.2) is 0 Å². The third kappa shape index (κ3) is 5.72. The molecule has 1 atom stereocenters. The highest BCUT2D eigenvalue weighted by atomic mass is 16.3. The molecule has 0 amide bonds. The zero-order valence-corrected chi connectivity index (χ0v) is 6.34. The monoisotopic (exact) mass is 145 g/mol. The Morgan fingerprint density at radius 3 is 2.90 bits per heavy atom. The lowest BCUT2D eigenvalue weighted by Crippen LogP contribution is -2.30. The first kappa shape index (κ1) is 9.59. The number of unbranched alkanes of at least 4 members (excludes halogenated alkanes) is 1. The Hall–Kier alpha value is -0.410. The Labute approximate surface area is 61.4 Å². The number of hydrogen-bond acceptors (Lipinski definition) is 3. The molecule has 0 bridgehead atoms. The van der Waals surface area contributed by atoms with E-state index in [9.17, 15) is 4.79 Å². The fourth-order valence-corrected chi connectivity index (χ4v) is 0.598. The number of nitrogens with one attached hydrogen (secondary N) is 1. The summed E-state index contributed by atoms with van der Waals surface area (Å²) in [7, 11) is 0. The molecule has 0 aromatic rings. The molecule has 0 aliphatic carbocycles. The lowest BCUT2D eigenvalue weighted by atomic mass is 10.3. The van der Waals surface area contributed by atoms with Gasteiger partial charge in [0.1, 0.15) is 6.29 Å². The van der Waals surface area contributed by atoms with E-state index >= 15 is 0 Å². The van der Waals surface area contributed by atoms with Crippen LogP contribution in [0.2, 0.25) is 0 Å². The normalized spacial score (nSPS) is 13.0. The van der Waals surface area contributed by atoms with E-state index in [0.717, 1.165) is 19.3 Å². The maximum absolute atomic E-state index is 9.84. The van der Waals surface area contributed by atoms with Crippen LogP contribution in [0.3, 0.4) is 0 Å². The van der Waals surface area contributed by atoms with Crippen molar-refractivity contribution in [3.8, 4) is 0 Å². The van der Waals surface area contributed by atoms with Gasteiger partial charge in [0.25, 0.3) is 0 Å². The molecule has 3 nitrogen and oxygen atoms in total. The number of aliphatic hydroxyl groups excluding tert-OH is 1. The van der Waals surface area contributed by atoms with Crippen molar-refractivity contribution in [3.63, 3.8) is 0 Å². The molecule has 60 valence electrons. The molecule has 0 saturated heterocycles. The van der Waals surface area contributed by atoms with Gasteiger partial charge in [0.05, 0.1) is 6.61 Å². The summed E-state index contributed by atoms with van der Waals surface area (Å²) in [5.41, 5.74) is 0. The summed E-state index contributed by atoms with van der Waals surface area (Å²) in [6, 6.07) is 0.145. The fourth-order valence-electron chi connectivity index (χ4n) is 0.598. The van der Waals surface area contributed by atoms with E-state index in [1.165, 1.54) is 0 Å². The Balaban J connectivity index is 2.95. The first-order valence-corrected chi connectivity index (χ1v) is 3.59. The number of carbonyl (C=O) groups is 1. The number of carbonyl (C=O) groups excluding carboxylic acids is 1. The summed E-state index contributed by atoms with van der Waals surface area (Å²) in [6.07, 6.45) is 2.37. The number of aliphatic hydroxyl groups is 1. The minimum Gasteiger partial charge on any atom is -0.395 e. The van der Waals surface area contributed by atoms with Crippen LogP contribution in [0.1, 0.15) is 19.8 Å². The van der Waals surface area contributed by atoms with E-state index in [4.69, 9.17) is 5.11 Å². The van der Waals surface area contributed by atoms with Gasteiger partial charge in [-0.15, -0.1) is 0 Å². The highest BCUT2D eigenvalue weighted by Gasteiger charge is 1.95. The van der Waals surface area contributed by atoms with E-state index < -0.39 is 0 Å². The van der Waals surface area contributed by atoms with Crippen molar-refractivity contribution in [2.75, 3.05) is 13.2 Å². The van der Waals surface area contributed by atoms with Crippen molar-refractivity contribution in [1.29, 1.82) is 0 Å². The average Bonchev–Trinajstić information content (AvgIpc) is 1.98. The minimum atomic E-state index is 0.145. The number of aldehydes is 1. The van der Waals surface area contributed by atoms with Crippen LogP contribution in [0.15, 0.2) is 0 Å². The molecule has 0 aliphatic rings. The zero-order valence-electron chi connectivity index (χ0n) is 6.34. The molecule has 3 heteroatoms. The molecule has 0 unspecified atom stereocenters. The molecule has 0 aliphatic heterocycles. The maximum Gasteiger partial charge on any atom is 0.120 e. The largest absolute Gasteiger partial charge is 0.395 e. The highest BCUT2D eigenvalue weighted by Crippen LogP contribution is 1.83. The molecule has 0 saturated carbocycles. The lowest BCUT2D eigenvalue weighted by molar-refractivity contribution is -0.107. The Morgan fingerprint density at radius 1 is 1.70 bits per heavy atom. The van der Waals surface area contributed by atoms with E-state index in [-0.39, 0.29) is 12.6 Å².